The molecule has 0 saturated heterocycles. The number of carbonyl (C=O) groups excluding carboxylic acids is 2. The average molecular weight is 307 g/mol. The van der Waals surface area contributed by atoms with Crippen molar-refractivity contribution in [1.82, 2.24) is 5.32 Å². The lowest BCUT2D eigenvalue weighted by Crippen LogP contribution is -2.61. The zero-order chi connectivity index (χ0) is 16.1. The molecule has 0 aromatic rings. The topological polar surface area (TPSA) is 55.4 Å². The number of rotatable bonds is 3. The van der Waals surface area contributed by atoms with Crippen LogP contribution in [0.25, 0.3) is 0 Å². The number of ether oxygens (including phenoxy) is 1. The highest BCUT2D eigenvalue weighted by atomic mass is 16.5. The van der Waals surface area contributed by atoms with Crippen LogP contribution in [0.3, 0.4) is 0 Å². The van der Waals surface area contributed by atoms with Crippen molar-refractivity contribution in [2.75, 3.05) is 7.11 Å². The first kappa shape index (κ1) is 15.8. The molecule has 1 atom stereocenters. The Bertz CT molecular complexity index is 442. The summed E-state index contributed by atoms with van der Waals surface area (Å²) < 4.78 is 5.06. The van der Waals surface area contributed by atoms with Gasteiger partial charge in [0, 0.05) is 10.8 Å². The van der Waals surface area contributed by atoms with Crippen LogP contribution < -0.4 is 5.32 Å². The van der Waals surface area contributed by atoms with Gasteiger partial charge in [0.15, 0.2) is 0 Å². The molecule has 4 fully saturated rings. The fourth-order valence-corrected chi connectivity index (χ4v) is 5.46. The third kappa shape index (κ3) is 2.65. The summed E-state index contributed by atoms with van der Waals surface area (Å²) >= 11 is 0. The van der Waals surface area contributed by atoms with Crippen molar-refractivity contribution >= 4 is 11.9 Å². The van der Waals surface area contributed by atoms with E-state index >= 15 is 0 Å². The maximum Gasteiger partial charge on any atom is 0.328 e. The van der Waals surface area contributed by atoms with Gasteiger partial charge in [-0.2, -0.15) is 0 Å². The third-order valence-corrected chi connectivity index (χ3v) is 6.09. The highest BCUT2D eigenvalue weighted by Crippen LogP contribution is 2.61. The fraction of sp³-hybridized carbons (Fsp3) is 0.889. The molecule has 4 aliphatic rings. The molecule has 0 aliphatic heterocycles. The Balaban J connectivity index is 1.86. The molecule has 4 heteroatoms. The van der Waals surface area contributed by atoms with Crippen LogP contribution in [0.2, 0.25) is 0 Å². The lowest BCUT2D eigenvalue weighted by Gasteiger charge is -2.58. The molecule has 0 aromatic heterocycles. The van der Waals surface area contributed by atoms with E-state index in [2.05, 4.69) is 5.32 Å². The van der Waals surface area contributed by atoms with E-state index in [9.17, 15) is 9.59 Å². The largest absolute Gasteiger partial charge is 0.467 e. The van der Waals surface area contributed by atoms with Gasteiger partial charge in [-0.25, -0.2) is 4.79 Å². The van der Waals surface area contributed by atoms with E-state index in [0.29, 0.717) is 0 Å². The number of carbonyl (C=O) groups is 2. The maximum absolute atomic E-state index is 12.5. The Kier molecular flexibility index (Phi) is 3.77. The number of hydrogen-bond acceptors (Lipinski definition) is 3. The van der Waals surface area contributed by atoms with E-state index in [0.717, 1.165) is 37.0 Å². The van der Waals surface area contributed by atoms with Gasteiger partial charge in [-0.05, 0) is 56.3 Å². The summed E-state index contributed by atoms with van der Waals surface area (Å²) in [7, 11) is 1.43. The van der Waals surface area contributed by atoms with Crippen LogP contribution in [0, 0.1) is 28.6 Å². The first-order valence-corrected chi connectivity index (χ1v) is 8.62. The summed E-state index contributed by atoms with van der Waals surface area (Å²) in [5.74, 6) is 1.90. The van der Waals surface area contributed by atoms with Crippen molar-refractivity contribution in [1.29, 1.82) is 0 Å². The predicted molar refractivity (Wildman–Crippen MR) is 84.0 cm³/mol. The summed E-state index contributed by atoms with van der Waals surface area (Å²) in [6, 6.07) is -0.474. The van der Waals surface area contributed by atoms with Gasteiger partial charge in [0.1, 0.15) is 6.04 Å². The summed E-state index contributed by atoms with van der Waals surface area (Å²) in [6.45, 7) is 5.66. The minimum absolute atomic E-state index is 0.0568. The van der Waals surface area contributed by atoms with E-state index in [4.69, 9.17) is 4.74 Å². The van der Waals surface area contributed by atoms with Crippen molar-refractivity contribution in [3.63, 3.8) is 0 Å². The molecule has 22 heavy (non-hydrogen) atoms. The van der Waals surface area contributed by atoms with Crippen molar-refractivity contribution in [2.24, 2.45) is 28.6 Å². The molecule has 0 unspecified atom stereocenters. The molecule has 0 heterocycles. The van der Waals surface area contributed by atoms with Gasteiger partial charge in [-0.15, -0.1) is 0 Å². The second-order valence-electron chi connectivity index (χ2n) is 8.96. The Labute approximate surface area is 133 Å². The summed E-state index contributed by atoms with van der Waals surface area (Å²) in [5, 5.41) is 3.05. The summed E-state index contributed by atoms with van der Waals surface area (Å²) in [4.78, 5) is 24.9. The predicted octanol–water partition coefficient (Wildman–Crippen LogP) is 2.91. The molecule has 0 aromatic carbocycles. The van der Waals surface area contributed by atoms with Gasteiger partial charge < -0.3 is 10.1 Å². The standard InChI is InChI=1S/C18H29NO3/c1-17(2,3)16(21)19-14(15(20)22-4)18-8-11-5-12(9-18)7-13(6-11)10-18/h11-14H,5-10H2,1-4H3,(H,19,21)/t11?,12?,13?,14-,18?/m0/s1. The van der Waals surface area contributed by atoms with Crippen LogP contribution in [0.4, 0.5) is 0 Å². The van der Waals surface area contributed by atoms with Crippen LogP contribution in [0.5, 0.6) is 0 Å². The molecule has 4 bridgehead atoms. The fourth-order valence-electron chi connectivity index (χ4n) is 5.46. The molecular formula is C18H29NO3. The molecule has 1 amide bonds. The molecule has 0 radical (unpaired) electrons. The van der Waals surface area contributed by atoms with Crippen LogP contribution >= 0.6 is 0 Å². The molecule has 4 rings (SSSR count). The minimum atomic E-state index is -0.492. The van der Waals surface area contributed by atoms with Crippen molar-refractivity contribution < 1.29 is 14.3 Å². The number of nitrogens with one attached hydrogen (secondary N) is 1. The van der Waals surface area contributed by atoms with Gasteiger partial charge >= 0.3 is 5.97 Å². The van der Waals surface area contributed by atoms with E-state index in [1.165, 1.54) is 26.4 Å². The summed E-state index contributed by atoms with van der Waals surface area (Å²) in [6.07, 6.45) is 7.18. The number of methoxy groups -OCH3 is 1. The van der Waals surface area contributed by atoms with Gasteiger partial charge in [0.05, 0.1) is 7.11 Å². The van der Waals surface area contributed by atoms with Crippen LogP contribution in [0.1, 0.15) is 59.3 Å². The SMILES string of the molecule is COC(=O)[C@H](NC(=O)C(C)(C)C)C12CC3CC(CC(C3)C1)C2. The van der Waals surface area contributed by atoms with Gasteiger partial charge in [0.25, 0.3) is 0 Å². The molecule has 4 nitrogen and oxygen atoms in total. The molecule has 4 aliphatic carbocycles. The zero-order valence-corrected chi connectivity index (χ0v) is 14.3. The normalized spacial score (nSPS) is 37.7. The number of hydrogen-bond donors (Lipinski definition) is 1. The van der Waals surface area contributed by atoms with Crippen LogP contribution in [0.15, 0.2) is 0 Å². The average Bonchev–Trinajstić information content (AvgIpc) is 2.40. The molecule has 1 N–H and O–H groups in total. The van der Waals surface area contributed by atoms with E-state index in [1.54, 1.807) is 0 Å². The van der Waals surface area contributed by atoms with Crippen molar-refractivity contribution in [3.8, 4) is 0 Å². The lowest BCUT2D eigenvalue weighted by molar-refractivity contribution is -0.158. The minimum Gasteiger partial charge on any atom is -0.467 e. The zero-order valence-electron chi connectivity index (χ0n) is 14.3. The number of amides is 1. The van der Waals surface area contributed by atoms with Gasteiger partial charge in [0.2, 0.25) is 5.91 Å². The van der Waals surface area contributed by atoms with Crippen molar-refractivity contribution in [3.05, 3.63) is 0 Å². The van der Waals surface area contributed by atoms with E-state index in [-0.39, 0.29) is 17.3 Å². The second kappa shape index (κ2) is 5.24. The Hall–Kier alpha value is -1.06. The summed E-state index contributed by atoms with van der Waals surface area (Å²) in [5.41, 5.74) is -0.558. The first-order valence-electron chi connectivity index (χ1n) is 8.62. The molecular weight excluding hydrogens is 278 g/mol. The third-order valence-electron chi connectivity index (χ3n) is 6.09. The van der Waals surface area contributed by atoms with Gasteiger partial charge in [-0.1, -0.05) is 20.8 Å². The monoisotopic (exact) mass is 307 g/mol. The van der Waals surface area contributed by atoms with E-state index in [1.807, 2.05) is 20.8 Å². The molecule has 0 spiro atoms. The maximum atomic E-state index is 12.5. The van der Waals surface area contributed by atoms with E-state index < -0.39 is 11.5 Å². The first-order chi connectivity index (χ1) is 10.2. The van der Waals surface area contributed by atoms with Crippen molar-refractivity contribution in [2.45, 2.75) is 65.3 Å². The van der Waals surface area contributed by atoms with Crippen LogP contribution in [-0.4, -0.2) is 25.0 Å². The molecule has 4 saturated carbocycles. The molecule has 124 valence electrons. The van der Waals surface area contributed by atoms with Gasteiger partial charge in [-0.3, -0.25) is 4.79 Å². The Morgan fingerprint density at radius 1 is 1.05 bits per heavy atom. The highest BCUT2D eigenvalue weighted by molar-refractivity contribution is 5.87. The quantitative estimate of drug-likeness (QED) is 0.816. The number of esters is 1. The Morgan fingerprint density at radius 3 is 1.86 bits per heavy atom. The Morgan fingerprint density at radius 2 is 1.50 bits per heavy atom. The van der Waals surface area contributed by atoms with Crippen LogP contribution in [-0.2, 0) is 14.3 Å². The second-order valence-corrected chi connectivity index (χ2v) is 8.96. The lowest BCUT2D eigenvalue weighted by atomic mass is 9.47. The smallest absolute Gasteiger partial charge is 0.328 e. The highest BCUT2D eigenvalue weighted by Gasteiger charge is 2.57.